The van der Waals surface area contributed by atoms with Gasteiger partial charge in [-0.15, -0.1) is 4.74 Å². The minimum atomic E-state index is -0.771. The van der Waals surface area contributed by atoms with Crippen LogP contribution in [0, 0.1) is 6.92 Å². The fourth-order valence-electron chi connectivity index (χ4n) is 3.65. The van der Waals surface area contributed by atoms with Crippen LogP contribution in [-0.4, -0.2) is 21.3 Å². The van der Waals surface area contributed by atoms with Crippen LogP contribution in [0.2, 0.25) is 0 Å². The van der Waals surface area contributed by atoms with Crippen molar-refractivity contribution in [2.24, 2.45) is 0 Å². The molecule has 1 N–H and O–H groups in total. The van der Waals surface area contributed by atoms with E-state index in [4.69, 9.17) is 13.7 Å². The number of nitrogens with one attached hydrogen (secondary N) is 1. The molecule has 0 aliphatic heterocycles. The van der Waals surface area contributed by atoms with Gasteiger partial charge < -0.3 is 13.7 Å². The van der Waals surface area contributed by atoms with Gasteiger partial charge in [0.15, 0.2) is 0 Å². The highest BCUT2D eigenvalue weighted by Crippen LogP contribution is 2.26. The predicted molar refractivity (Wildman–Crippen MR) is 123 cm³/mol. The number of aromatic nitrogens is 3. The van der Waals surface area contributed by atoms with Crippen LogP contribution in [0.5, 0.6) is 5.75 Å². The third-order valence-corrected chi connectivity index (χ3v) is 5.37. The summed E-state index contributed by atoms with van der Waals surface area (Å²) in [6.07, 6.45) is 0.606. The molecular weight excluding hydrogens is 422 g/mol. The van der Waals surface area contributed by atoms with E-state index in [-0.39, 0.29) is 6.54 Å². The lowest BCUT2D eigenvalue weighted by Crippen LogP contribution is -2.17. The van der Waals surface area contributed by atoms with Gasteiger partial charge in [-0.3, -0.25) is 0 Å². The summed E-state index contributed by atoms with van der Waals surface area (Å²) >= 11 is 0. The summed E-state index contributed by atoms with van der Waals surface area (Å²) in [5, 5.41) is 2.32. The third kappa shape index (κ3) is 4.50. The summed E-state index contributed by atoms with van der Waals surface area (Å²) in [4.78, 5) is 29.3. The molecule has 3 aromatic carbocycles. The van der Waals surface area contributed by atoms with E-state index >= 15 is 0 Å². The van der Waals surface area contributed by atoms with Crippen molar-refractivity contribution in [2.45, 2.75) is 19.9 Å². The number of hydrogen-bond donors (Lipinski definition) is 1. The Kier molecular flexibility index (Phi) is 5.40. The Bertz CT molecular complexity index is 1520. The largest absolute Gasteiger partial charge is 0.493 e. The maximum Gasteiger partial charge on any atom is 0.440 e. The summed E-state index contributed by atoms with van der Waals surface area (Å²) in [7, 11) is 0. The van der Waals surface area contributed by atoms with Crippen LogP contribution in [0.25, 0.3) is 22.2 Å². The van der Waals surface area contributed by atoms with Gasteiger partial charge in [-0.1, -0.05) is 42.5 Å². The van der Waals surface area contributed by atoms with Crippen molar-refractivity contribution in [3.05, 3.63) is 105 Å². The van der Waals surface area contributed by atoms with Gasteiger partial charge in [0.25, 0.3) is 0 Å². The minimum Gasteiger partial charge on any atom is -0.493 e. The number of benzene rings is 3. The number of rotatable bonds is 7. The van der Waals surface area contributed by atoms with Crippen LogP contribution >= 0.6 is 0 Å². The number of nitrogens with zero attached hydrogens (tertiary/aromatic N) is 2. The lowest BCUT2D eigenvalue weighted by molar-refractivity contribution is 0.258. The molecule has 0 saturated heterocycles. The van der Waals surface area contributed by atoms with Crippen molar-refractivity contribution in [2.75, 3.05) is 6.61 Å². The zero-order valence-corrected chi connectivity index (χ0v) is 17.9. The molecule has 0 fully saturated rings. The van der Waals surface area contributed by atoms with E-state index in [0.717, 1.165) is 32.7 Å². The van der Waals surface area contributed by atoms with Crippen LogP contribution in [0.1, 0.15) is 17.0 Å². The molecule has 0 unspecified atom stereocenters. The van der Waals surface area contributed by atoms with Crippen molar-refractivity contribution in [1.29, 1.82) is 0 Å². The first-order chi connectivity index (χ1) is 16.0. The molecule has 5 rings (SSSR count). The van der Waals surface area contributed by atoms with Crippen LogP contribution in [0.15, 0.2) is 85.3 Å². The molecule has 5 aromatic rings. The molecule has 2 aromatic heterocycles. The number of aromatic amines is 1. The second kappa shape index (κ2) is 8.66. The Morgan fingerprint density at radius 2 is 1.79 bits per heavy atom. The molecule has 166 valence electrons. The van der Waals surface area contributed by atoms with E-state index in [9.17, 15) is 9.59 Å². The molecule has 0 radical (unpaired) electrons. The molecule has 0 aliphatic rings. The standard InChI is InChI=1S/C25H21N3O5/c1-16-22(26-23(32-16)20-9-8-18-4-2-3-5-19(18)14-20)12-13-31-21-10-6-17(7-11-21)15-28-24(29)27-25(30)33-28/h2-11,14H,12-13,15H2,1H3,(H,27,29,30). The Morgan fingerprint density at radius 1 is 1.00 bits per heavy atom. The Morgan fingerprint density at radius 3 is 2.55 bits per heavy atom. The number of hydrogen-bond acceptors (Lipinski definition) is 6. The Balaban J connectivity index is 1.21. The maximum absolute atomic E-state index is 11.5. The summed E-state index contributed by atoms with van der Waals surface area (Å²) < 4.78 is 17.5. The van der Waals surface area contributed by atoms with Crippen LogP contribution in [0.4, 0.5) is 0 Å². The monoisotopic (exact) mass is 443 g/mol. The quantitative estimate of drug-likeness (QED) is 0.409. The Labute approximate surface area is 188 Å². The molecule has 8 nitrogen and oxygen atoms in total. The summed E-state index contributed by atoms with van der Waals surface area (Å²) in [5.41, 5.74) is 2.03. The van der Waals surface area contributed by atoms with Gasteiger partial charge in [0, 0.05) is 12.0 Å². The fraction of sp³-hybridized carbons (Fsp3) is 0.160. The molecule has 0 amide bonds. The molecule has 0 atom stereocenters. The van der Waals surface area contributed by atoms with Gasteiger partial charge in [0.2, 0.25) is 5.89 Å². The highest BCUT2D eigenvalue weighted by Gasteiger charge is 2.12. The normalized spacial score (nSPS) is 11.2. The third-order valence-electron chi connectivity index (χ3n) is 5.37. The van der Waals surface area contributed by atoms with E-state index < -0.39 is 11.4 Å². The van der Waals surface area contributed by atoms with Crippen molar-refractivity contribution in [1.82, 2.24) is 14.7 Å². The van der Waals surface area contributed by atoms with Crippen LogP contribution in [-0.2, 0) is 13.0 Å². The topological polar surface area (TPSA) is 103 Å². The highest BCUT2D eigenvalue weighted by atomic mass is 16.5. The molecular formula is C25H21N3O5. The van der Waals surface area contributed by atoms with E-state index in [0.29, 0.717) is 24.7 Å². The second-order valence-electron chi connectivity index (χ2n) is 7.67. The van der Waals surface area contributed by atoms with Gasteiger partial charge in [-0.2, -0.15) is 0 Å². The number of aryl methyl sites for hydroxylation is 1. The van der Waals surface area contributed by atoms with Crippen molar-refractivity contribution < 1.29 is 13.7 Å². The van der Waals surface area contributed by atoms with E-state index in [1.807, 2.05) is 37.3 Å². The van der Waals surface area contributed by atoms with Gasteiger partial charge in [-0.25, -0.2) is 19.6 Å². The zero-order chi connectivity index (χ0) is 22.8. The first kappa shape index (κ1) is 20.6. The van der Waals surface area contributed by atoms with Gasteiger partial charge in [-0.05, 0) is 47.5 Å². The zero-order valence-electron chi connectivity index (χ0n) is 17.9. The van der Waals surface area contributed by atoms with Crippen LogP contribution in [0.3, 0.4) is 0 Å². The summed E-state index contributed by atoms with van der Waals surface area (Å²) in [6.45, 7) is 2.51. The van der Waals surface area contributed by atoms with E-state index in [1.54, 1.807) is 12.1 Å². The average Bonchev–Trinajstić information content (AvgIpc) is 3.35. The van der Waals surface area contributed by atoms with Crippen molar-refractivity contribution in [3.8, 4) is 17.2 Å². The first-order valence-electron chi connectivity index (χ1n) is 10.5. The van der Waals surface area contributed by atoms with E-state index in [2.05, 4.69) is 34.2 Å². The van der Waals surface area contributed by atoms with Crippen LogP contribution < -0.4 is 16.2 Å². The minimum absolute atomic E-state index is 0.160. The van der Waals surface area contributed by atoms with Crippen molar-refractivity contribution >= 4 is 10.8 Å². The number of oxazole rings is 1. The summed E-state index contributed by atoms with van der Waals surface area (Å²) in [6, 6.07) is 21.6. The number of H-pyrrole nitrogens is 1. The van der Waals surface area contributed by atoms with Gasteiger partial charge >= 0.3 is 11.4 Å². The highest BCUT2D eigenvalue weighted by molar-refractivity contribution is 5.86. The fourth-order valence-corrected chi connectivity index (χ4v) is 3.65. The van der Waals surface area contributed by atoms with Gasteiger partial charge in [0.05, 0.1) is 18.8 Å². The number of fused-ring (bicyclic) bond motifs is 1. The lowest BCUT2D eigenvalue weighted by Gasteiger charge is -2.06. The molecule has 0 saturated carbocycles. The van der Waals surface area contributed by atoms with Crippen molar-refractivity contribution in [3.63, 3.8) is 0 Å². The number of ether oxygens (including phenoxy) is 1. The predicted octanol–water partition coefficient (Wildman–Crippen LogP) is 3.92. The smallest absolute Gasteiger partial charge is 0.440 e. The van der Waals surface area contributed by atoms with E-state index in [1.165, 1.54) is 5.39 Å². The molecule has 33 heavy (non-hydrogen) atoms. The first-order valence-corrected chi connectivity index (χ1v) is 10.5. The molecule has 0 spiro atoms. The SMILES string of the molecule is Cc1oc(-c2ccc3ccccc3c2)nc1CCOc1ccc(Cn2oc(=O)[nH]c2=O)cc1. The molecule has 0 bridgehead atoms. The summed E-state index contributed by atoms with van der Waals surface area (Å²) in [5.74, 6) is 1.30. The Hall–Kier alpha value is -4.33. The average molecular weight is 443 g/mol. The molecule has 8 heteroatoms. The maximum atomic E-state index is 11.5. The van der Waals surface area contributed by atoms with Gasteiger partial charge in [0.1, 0.15) is 11.5 Å². The molecule has 0 aliphatic carbocycles. The molecule has 2 heterocycles. The lowest BCUT2D eigenvalue weighted by atomic mass is 10.1. The second-order valence-corrected chi connectivity index (χ2v) is 7.67.